The molecule has 0 spiro atoms. The molecule has 5 nitrogen and oxygen atoms in total. The lowest BCUT2D eigenvalue weighted by Crippen LogP contribution is -2.19. The Labute approximate surface area is 103 Å². The van der Waals surface area contributed by atoms with E-state index >= 15 is 0 Å². The number of methoxy groups -OCH3 is 1. The molecule has 0 aliphatic rings. The summed E-state index contributed by atoms with van der Waals surface area (Å²) in [6.45, 7) is -0.420. The summed E-state index contributed by atoms with van der Waals surface area (Å²) in [5.41, 5.74) is 0.382. The van der Waals surface area contributed by atoms with Gasteiger partial charge in [0.25, 0.3) is 0 Å². The van der Waals surface area contributed by atoms with Gasteiger partial charge in [0.15, 0.2) is 0 Å². The van der Waals surface area contributed by atoms with E-state index in [1.807, 2.05) is 0 Å². The minimum Gasteiger partial charge on any atom is -0.497 e. The fourth-order valence-corrected chi connectivity index (χ4v) is 2.37. The molecule has 0 bridgehead atoms. The van der Waals surface area contributed by atoms with Crippen molar-refractivity contribution >= 4 is 31.6 Å². The van der Waals surface area contributed by atoms with E-state index in [2.05, 4.69) is 20.7 Å². The molecular formula is C9H12BrNO4S. The van der Waals surface area contributed by atoms with E-state index in [4.69, 9.17) is 9.84 Å². The highest BCUT2D eigenvalue weighted by Crippen LogP contribution is 2.27. The van der Waals surface area contributed by atoms with Gasteiger partial charge < -0.3 is 9.84 Å². The summed E-state index contributed by atoms with van der Waals surface area (Å²) in [7, 11) is -2.02. The van der Waals surface area contributed by atoms with E-state index in [1.165, 1.54) is 7.11 Å². The molecule has 16 heavy (non-hydrogen) atoms. The molecule has 0 atom stereocenters. The molecule has 0 saturated heterocycles. The van der Waals surface area contributed by atoms with Crippen molar-refractivity contribution in [2.24, 2.45) is 0 Å². The molecule has 0 aromatic heterocycles. The largest absolute Gasteiger partial charge is 0.497 e. The summed E-state index contributed by atoms with van der Waals surface area (Å²) in [5, 5.41) is 8.59. The zero-order valence-electron chi connectivity index (χ0n) is 8.60. The van der Waals surface area contributed by atoms with Crippen molar-refractivity contribution < 1.29 is 18.3 Å². The van der Waals surface area contributed by atoms with Crippen LogP contribution in [0.3, 0.4) is 0 Å². The Morgan fingerprint density at radius 1 is 1.50 bits per heavy atom. The maximum Gasteiger partial charge on any atom is 0.235 e. The molecule has 2 N–H and O–H groups in total. The summed E-state index contributed by atoms with van der Waals surface area (Å²) in [4.78, 5) is 0. The minimum absolute atomic E-state index is 0.337. The van der Waals surface area contributed by atoms with Crippen LogP contribution in [0, 0.1) is 0 Å². The maximum atomic E-state index is 11.4. The van der Waals surface area contributed by atoms with Crippen LogP contribution >= 0.6 is 15.9 Å². The van der Waals surface area contributed by atoms with Gasteiger partial charge in [0.2, 0.25) is 10.0 Å². The Hall–Kier alpha value is -0.790. The zero-order valence-corrected chi connectivity index (χ0v) is 11.0. The van der Waals surface area contributed by atoms with Gasteiger partial charge >= 0.3 is 0 Å². The summed E-state index contributed by atoms with van der Waals surface area (Å²) < 4.78 is 30.8. The second-order valence-corrected chi connectivity index (χ2v) is 5.69. The summed E-state index contributed by atoms with van der Waals surface area (Å²) in [6.07, 6.45) is 0. The van der Waals surface area contributed by atoms with Crippen molar-refractivity contribution in [3.05, 3.63) is 22.7 Å². The van der Waals surface area contributed by atoms with Crippen LogP contribution in [-0.2, 0) is 10.0 Å². The lowest BCUT2D eigenvalue weighted by molar-refractivity contribution is 0.320. The van der Waals surface area contributed by atoms with Crippen LogP contribution in [0.15, 0.2) is 22.7 Å². The van der Waals surface area contributed by atoms with Gasteiger partial charge in [-0.15, -0.1) is 0 Å². The smallest absolute Gasteiger partial charge is 0.235 e. The molecule has 0 fully saturated rings. The number of benzene rings is 1. The number of ether oxygens (including phenoxy) is 1. The molecule has 0 aliphatic carbocycles. The SMILES string of the molecule is COc1ccc(Br)c(NS(=O)(=O)CCO)c1. The zero-order chi connectivity index (χ0) is 12.2. The Kier molecular flexibility index (Phi) is 4.57. The molecule has 0 saturated carbocycles. The molecule has 1 aromatic rings. The molecule has 90 valence electrons. The van der Waals surface area contributed by atoms with Crippen LogP contribution in [0.4, 0.5) is 5.69 Å². The molecule has 0 radical (unpaired) electrons. The van der Waals surface area contributed by atoms with Gasteiger partial charge in [0.05, 0.1) is 25.2 Å². The van der Waals surface area contributed by atoms with Gasteiger partial charge in [-0.25, -0.2) is 8.42 Å². The number of anilines is 1. The molecule has 7 heteroatoms. The number of aliphatic hydroxyl groups excluding tert-OH is 1. The van der Waals surface area contributed by atoms with Gasteiger partial charge in [-0.1, -0.05) is 0 Å². The lowest BCUT2D eigenvalue weighted by atomic mass is 10.3. The van der Waals surface area contributed by atoms with Crippen LogP contribution in [-0.4, -0.2) is 33.0 Å². The third kappa shape index (κ3) is 3.66. The predicted octanol–water partition coefficient (Wildman–Crippen LogP) is 1.19. The van der Waals surface area contributed by atoms with Crippen molar-refractivity contribution in [3.8, 4) is 5.75 Å². The van der Waals surface area contributed by atoms with Gasteiger partial charge in [0, 0.05) is 10.5 Å². The Bertz CT molecular complexity index is 461. The van der Waals surface area contributed by atoms with Crippen molar-refractivity contribution in [3.63, 3.8) is 0 Å². The van der Waals surface area contributed by atoms with E-state index in [0.717, 1.165) is 0 Å². The number of hydrogen-bond donors (Lipinski definition) is 2. The van der Waals surface area contributed by atoms with E-state index in [9.17, 15) is 8.42 Å². The molecule has 1 rings (SSSR count). The molecule has 0 aliphatic heterocycles. The lowest BCUT2D eigenvalue weighted by Gasteiger charge is -2.10. The van der Waals surface area contributed by atoms with Gasteiger partial charge in [-0.05, 0) is 28.1 Å². The number of sulfonamides is 1. The summed E-state index contributed by atoms with van der Waals surface area (Å²) in [5.74, 6) is 0.210. The van der Waals surface area contributed by atoms with E-state index in [1.54, 1.807) is 18.2 Å². The third-order valence-corrected chi connectivity index (χ3v) is 3.74. The summed E-state index contributed by atoms with van der Waals surface area (Å²) >= 11 is 3.22. The second-order valence-electron chi connectivity index (χ2n) is 2.99. The van der Waals surface area contributed by atoms with Gasteiger partial charge in [0.1, 0.15) is 5.75 Å². The van der Waals surface area contributed by atoms with Crippen LogP contribution in [0.2, 0.25) is 0 Å². The molecule has 0 amide bonds. The predicted molar refractivity (Wildman–Crippen MR) is 65.2 cm³/mol. The molecule has 1 aromatic carbocycles. The first kappa shape index (κ1) is 13.3. The van der Waals surface area contributed by atoms with Crippen LogP contribution in [0.25, 0.3) is 0 Å². The highest BCUT2D eigenvalue weighted by Gasteiger charge is 2.12. The maximum absolute atomic E-state index is 11.4. The third-order valence-electron chi connectivity index (χ3n) is 1.80. The van der Waals surface area contributed by atoms with Crippen molar-refractivity contribution in [2.45, 2.75) is 0 Å². The summed E-state index contributed by atoms with van der Waals surface area (Å²) in [6, 6.07) is 4.93. The number of nitrogens with one attached hydrogen (secondary N) is 1. The first-order chi connectivity index (χ1) is 7.48. The van der Waals surface area contributed by atoms with Crippen LogP contribution in [0.1, 0.15) is 0 Å². The molecular weight excluding hydrogens is 298 g/mol. The van der Waals surface area contributed by atoms with Gasteiger partial charge in [-0.3, -0.25) is 4.72 Å². The van der Waals surface area contributed by atoms with Crippen LogP contribution in [0.5, 0.6) is 5.75 Å². The fraction of sp³-hybridized carbons (Fsp3) is 0.333. The Morgan fingerprint density at radius 2 is 2.19 bits per heavy atom. The molecule has 0 unspecified atom stereocenters. The Balaban J connectivity index is 2.96. The standard InChI is InChI=1S/C9H12BrNO4S/c1-15-7-2-3-8(10)9(6-7)11-16(13,14)5-4-12/h2-3,6,11-12H,4-5H2,1H3. The number of rotatable bonds is 5. The quantitative estimate of drug-likeness (QED) is 0.857. The van der Waals surface area contributed by atoms with Gasteiger partial charge in [-0.2, -0.15) is 0 Å². The number of halogens is 1. The average Bonchev–Trinajstić information content (AvgIpc) is 2.21. The number of hydrogen-bond acceptors (Lipinski definition) is 4. The Morgan fingerprint density at radius 3 is 2.75 bits per heavy atom. The highest BCUT2D eigenvalue weighted by molar-refractivity contribution is 9.10. The van der Waals surface area contributed by atoms with E-state index in [0.29, 0.717) is 15.9 Å². The minimum atomic E-state index is -3.52. The average molecular weight is 310 g/mol. The molecule has 0 heterocycles. The second kappa shape index (κ2) is 5.51. The van der Waals surface area contributed by atoms with Crippen LogP contribution < -0.4 is 9.46 Å². The van der Waals surface area contributed by atoms with Crippen molar-refractivity contribution in [2.75, 3.05) is 24.2 Å². The highest BCUT2D eigenvalue weighted by atomic mass is 79.9. The first-order valence-electron chi connectivity index (χ1n) is 4.43. The van der Waals surface area contributed by atoms with E-state index < -0.39 is 16.6 Å². The fourth-order valence-electron chi connectivity index (χ4n) is 1.05. The topological polar surface area (TPSA) is 75.6 Å². The monoisotopic (exact) mass is 309 g/mol. The normalized spacial score (nSPS) is 11.2. The van der Waals surface area contributed by atoms with Crippen molar-refractivity contribution in [1.29, 1.82) is 0 Å². The first-order valence-corrected chi connectivity index (χ1v) is 6.88. The van der Waals surface area contributed by atoms with E-state index in [-0.39, 0.29) is 5.75 Å². The number of aliphatic hydroxyl groups is 1. The van der Waals surface area contributed by atoms with Crippen molar-refractivity contribution in [1.82, 2.24) is 0 Å².